The molecule has 2 heterocycles. The van der Waals surface area contributed by atoms with Crippen molar-refractivity contribution < 1.29 is 18.9 Å². The van der Waals surface area contributed by atoms with E-state index in [-0.39, 0.29) is 40.3 Å². The second-order valence-corrected chi connectivity index (χ2v) is 10.5. The summed E-state index contributed by atoms with van der Waals surface area (Å²) in [5.41, 5.74) is 0.798. The molecule has 15 heteroatoms. The van der Waals surface area contributed by atoms with Gasteiger partial charge < -0.3 is 10.6 Å². The predicted molar refractivity (Wildman–Crippen MR) is 150 cm³/mol. The Balaban J connectivity index is 1.35. The molecule has 0 radical (unpaired) electrons. The number of thiazole rings is 1. The highest BCUT2D eigenvalue weighted by molar-refractivity contribution is 7.99. The normalized spacial score (nSPS) is 10.9. The van der Waals surface area contributed by atoms with E-state index in [9.17, 15) is 24.1 Å². The second kappa shape index (κ2) is 11.8. The number of anilines is 1. The van der Waals surface area contributed by atoms with Gasteiger partial charge >= 0.3 is 0 Å². The lowest BCUT2D eigenvalue weighted by atomic mass is 10.2. The lowest BCUT2D eigenvalue weighted by molar-refractivity contribution is -0.384. The Labute approximate surface area is 238 Å². The number of halogens is 2. The van der Waals surface area contributed by atoms with Crippen LogP contribution in [0.1, 0.15) is 16.2 Å². The number of non-ortho nitro benzene ring substituents is 1. The minimum atomic E-state index is -0.780. The van der Waals surface area contributed by atoms with Crippen LogP contribution < -0.4 is 10.6 Å². The van der Waals surface area contributed by atoms with Crippen LogP contribution in [-0.2, 0) is 11.3 Å². The van der Waals surface area contributed by atoms with Crippen LogP contribution in [0.5, 0.6) is 0 Å². The zero-order chi connectivity index (χ0) is 28.2. The van der Waals surface area contributed by atoms with Crippen molar-refractivity contribution in [3.8, 4) is 5.69 Å². The van der Waals surface area contributed by atoms with Gasteiger partial charge in [0, 0.05) is 17.8 Å². The molecule has 2 amide bonds. The largest absolute Gasteiger partial charge is 0.345 e. The van der Waals surface area contributed by atoms with Crippen molar-refractivity contribution >= 4 is 67.5 Å². The van der Waals surface area contributed by atoms with Crippen LogP contribution in [0.15, 0.2) is 71.9 Å². The third-order valence-electron chi connectivity index (χ3n) is 5.49. The van der Waals surface area contributed by atoms with E-state index >= 15 is 0 Å². The van der Waals surface area contributed by atoms with Gasteiger partial charge in [0.1, 0.15) is 5.82 Å². The number of carbonyl (C=O) groups is 2. The van der Waals surface area contributed by atoms with Crippen LogP contribution in [0.4, 0.5) is 15.2 Å². The van der Waals surface area contributed by atoms with Crippen molar-refractivity contribution in [1.82, 2.24) is 25.1 Å². The molecule has 11 nitrogen and oxygen atoms in total. The molecule has 0 fully saturated rings. The number of carbonyl (C=O) groups excluding carboxylic acids is 2. The van der Waals surface area contributed by atoms with Crippen molar-refractivity contribution in [3.63, 3.8) is 0 Å². The molecule has 5 aromatic rings. The highest BCUT2D eigenvalue weighted by atomic mass is 35.5. The van der Waals surface area contributed by atoms with E-state index in [2.05, 4.69) is 25.8 Å². The highest BCUT2D eigenvalue weighted by Gasteiger charge is 2.20. The maximum absolute atomic E-state index is 14.2. The molecule has 40 heavy (non-hydrogen) atoms. The van der Waals surface area contributed by atoms with Gasteiger partial charge in [-0.1, -0.05) is 52.9 Å². The summed E-state index contributed by atoms with van der Waals surface area (Å²) in [6.45, 7) is -0.175. The number of hydrogen-bond donors (Lipinski definition) is 2. The minimum absolute atomic E-state index is 0.0434. The molecule has 5 rings (SSSR count). The lowest BCUT2D eigenvalue weighted by Gasteiger charge is -2.11. The minimum Gasteiger partial charge on any atom is -0.345 e. The number of nitrogens with one attached hydrogen (secondary N) is 2. The van der Waals surface area contributed by atoms with Gasteiger partial charge in [-0.15, -0.1) is 10.2 Å². The summed E-state index contributed by atoms with van der Waals surface area (Å²) in [6.07, 6.45) is 0. The molecule has 0 saturated heterocycles. The van der Waals surface area contributed by atoms with Gasteiger partial charge in [-0.25, -0.2) is 9.37 Å². The molecule has 2 aromatic heterocycles. The van der Waals surface area contributed by atoms with Crippen molar-refractivity contribution in [2.24, 2.45) is 0 Å². The van der Waals surface area contributed by atoms with E-state index in [1.807, 2.05) is 24.3 Å². The molecule has 2 N–H and O–H groups in total. The first kappa shape index (κ1) is 27.2. The Morgan fingerprint density at radius 3 is 2.58 bits per heavy atom. The molecule has 3 aromatic carbocycles. The van der Waals surface area contributed by atoms with Gasteiger partial charge in [0.15, 0.2) is 16.1 Å². The number of benzene rings is 3. The molecule has 0 unspecified atom stereocenters. The average Bonchev–Trinajstić information content (AvgIpc) is 3.54. The number of rotatable bonds is 9. The van der Waals surface area contributed by atoms with E-state index in [0.717, 1.165) is 28.0 Å². The first-order chi connectivity index (χ1) is 19.3. The Hall–Kier alpha value is -4.40. The van der Waals surface area contributed by atoms with E-state index < -0.39 is 16.6 Å². The molecule has 0 atom stereocenters. The topological polar surface area (TPSA) is 145 Å². The summed E-state index contributed by atoms with van der Waals surface area (Å²) >= 11 is 8.41. The van der Waals surface area contributed by atoms with E-state index in [0.29, 0.717) is 16.0 Å². The molecule has 0 aliphatic carbocycles. The summed E-state index contributed by atoms with van der Waals surface area (Å²) in [4.78, 5) is 40.3. The van der Waals surface area contributed by atoms with Gasteiger partial charge in [0.2, 0.25) is 5.91 Å². The number of hydrogen-bond acceptors (Lipinski definition) is 9. The number of nitrogens with zero attached hydrogens (tertiary/aromatic N) is 5. The van der Waals surface area contributed by atoms with Gasteiger partial charge in [-0.05, 0) is 36.4 Å². The van der Waals surface area contributed by atoms with Crippen LogP contribution in [0.25, 0.3) is 15.9 Å². The zero-order valence-corrected chi connectivity index (χ0v) is 22.6. The van der Waals surface area contributed by atoms with Crippen LogP contribution in [-0.4, -0.2) is 42.2 Å². The Morgan fingerprint density at radius 2 is 1.85 bits per heavy atom. The van der Waals surface area contributed by atoms with Crippen LogP contribution >= 0.6 is 34.7 Å². The van der Waals surface area contributed by atoms with Gasteiger partial charge in [-0.2, -0.15) is 0 Å². The summed E-state index contributed by atoms with van der Waals surface area (Å²) in [7, 11) is 0. The first-order valence-electron chi connectivity index (χ1n) is 11.5. The number of nitro groups is 1. The molecular formula is C25H17ClFN7O4S2. The molecule has 0 bridgehead atoms. The first-order valence-corrected chi connectivity index (χ1v) is 13.7. The Morgan fingerprint density at radius 1 is 1.07 bits per heavy atom. The summed E-state index contributed by atoms with van der Waals surface area (Å²) < 4.78 is 16.7. The van der Waals surface area contributed by atoms with Gasteiger partial charge in [0.25, 0.3) is 11.6 Å². The zero-order valence-electron chi connectivity index (χ0n) is 20.2. The predicted octanol–water partition coefficient (Wildman–Crippen LogP) is 5.24. The maximum atomic E-state index is 14.2. The summed E-state index contributed by atoms with van der Waals surface area (Å²) in [6, 6.07) is 17.0. The molecule has 202 valence electrons. The van der Waals surface area contributed by atoms with E-state index in [1.165, 1.54) is 47.7 Å². The van der Waals surface area contributed by atoms with Crippen molar-refractivity contribution in [1.29, 1.82) is 0 Å². The van der Waals surface area contributed by atoms with Crippen LogP contribution in [0.3, 0.4) is 0 Å². The third-order valence-corrected chi connectivity index (χ3v) is 7.68. The third kappa shape index (κ3) is 5.93. The molecule has 0 aliphatic heterocycles. The van der Waals surface area contributed by atoms with Crippen molar-refractivity contribution in [2.45, 2.75) is 11.7 Å². The molecule has 0 spiro atoms. The van der Waals surface area contributed by atoms with Crippen LogP contribution in [0.2, 0.25) is 5.02 Å². The number of amides is 2. The lowest BCUT2D eigenvalue weighted by Crippen LogP contribution is -2.26. The van der Waals surface area contributed by atoms with Crippen molar-refractivity contribution in [3.05, 3.63) is 99.1 Å². The maximum Gasteiger partial charge on any atom is 0.269 e. The highest BCUT2D eigenvalue weighted by Crippen LogP contribution is 2.27. The smallest absolute Gasteiger partial charge is 0.269 e. The van der Waals surface area contributed by atoms with Crippen LogP contribution in [0, 0.1) is 15.9 Å². The summed E-state index contributed by atoms with van der Waals surface area (Å²) in [5, 5.41) is 25.4. The van der Waals surface area contributed by atoms with Gasteiger partial charge in [0.05, 0.1) is 38.0 Å². The number of aromatic nitrogens is 4. The molecule has 0 saturated carbocycles. The fraction of sp³-hybridized carbons (Fsp3) is 0.0800. The molecule has 0 aliphatic rings. The van der Waals surface area contributed by atoms with Crippen molar-refractivity contribution in [2.75, 3.05) is 11.1 Å². The van der Waals surface area contributed by atoms with E-state index in [1.54, 1.807) is 4.57 Å². The quantitative estimate of drug-likeness (QED) is 0.133. The fourth-order valence-corrected chi connectivity index (χ4v) is 5.57. The van der Waals surface area contributed by atoms with E-state index in [4.69, 9.17) is 11.6 Å². The number of para-hydroxylation sites is 1. The van der Waals surface area contributed by atoms with Gasteiger partial charge in [-0.3, -0.25) is 24.3 Å². The number of fused-ring (bicyclic) bond motifs is 1. The SMILES string of the molecule is O=C(CSc1nnc(CNC(=O)c2c(F)cccc2Cl)n1-c1ccc([N+](=O)[O-])cc1)Nc1nc2ccccc2s1. The average molecular weight is 598 g/mol. The monoisotopic (exact) mass is 597 g/mol. The fourth-order valence-electron chi connectivity index (χ4n) is 3.66. The number of thioether (sulfide) groups is 1. The Kier molecular flexibility index (Phi) is 8.00. The molecular weight excluding hydrogens is 581 g/mol. The second-order valence-electron chi connectivity index (χ2n) is 8.11. The Bertz CT molecular complexity index is 1690. The summed E-state index contributed by atoms with van der Waals surface area (Å²) in [5.74, 6) is -1.67. The standard InChI is InChI=1S/C25H17ClFN7O4S2/c26-16-4-3-5-17(27)22(16)23(36)28-12-20-31-32-25(33(20)14-8-10-15(11-9-14)34(37)38)39-13-21(35)30-24-29-18-6-1-2-7-19(18)40-24/h1-11H,12-13H2,(H,28,36)(H,29,30,35). The number of nitro benzene ring substituents is 1.